The van der Waals surface area contributed by atoms with E-state index in [4.69, 9.17) is 4.74 Å². The van der Waals surface area contributed by atoms with Crippen LogP contribution in [0.4, 0.5) is 0 Å². The summed E-state index contributed by atoms with van der Waals surface area (Å²) in [7, 11) is 1.32. The third kappa shape index (κ3) is 3.69. The van der Waals surface area contributed by atoms with Gasteiger partial charge in [0.2, 0.25) is 5.91 Å². The van der Waals surface area contributed by atoms with Gasteiger partial charge in [-0.05, 0) is 17.7 Å². The number of aliphatic hydroxyl groups excluding tert-OH is 2. The van der Waals surface area contributed by atoms with Gasteiger partial charge >= 0.3 is 0 Å². The van der Waals surface area contributed by atoms with Crippen LogP contribution in [0.1, 0.15) is 28.9 Å². The van der Waals surface area contributed by atoms with Gasteiger partial charge in [-0.2, -0.15) is 0 Å². The second kappa shape index (κ2) is 6.88. The first-order valence-corrected chi connectivity index (χ1v) is 5.87. The zero-order valence-corrected chi connectivity index (χ0v) is 11.2. The maximum Gasteiger partial charge on any atom is 0.216 e. The van der Waals surface area contributed by atoms with Crippen LogP contribution in [0.15, 0.2) is 12.1 Å². The molecule has 0 aromatic heterocycles. The Hall–Kier alpha value is -2.12. The van der Waals surface area contributed by atoms with E-state index in [1.54, 1.807) is 0 Å². The van der Waals surface area contributed by atoms with E-state index in [9.17, 15) is 24.9 Å². The lowest BCUT2D eigenvalue weighted by Gasteiger charge is -2.20. The van der Waals surface area contributed by atoms with Crippen molar-refractivity contribution in [1.29, 1.82) is 0 Å². The van der Waals surface area contributed by atoms with Crippen LogP contribution >= 0.6 is 0 Å². The maximum atomic E-state index is 11.0. The van der Waals surface area contributed by atoms with Crippen molar-refractivity contribution in [1.82, 2.24) is 5.32 Å². The SMILES string of the molecule is COc1cc(C=O)c(C(O)C(O)CNC(C)=O)cc1O. The van der Waals surface area contributed by atoms with Crippen LogP contribution in [0.2, 0.25) is 0 Å². The third-order valence-corrected chi connectivity index (χ3v) is 2.75. The predicted octanol–water partition coefficient (Wildman–Crippen LogP) is -0.256. The maximum absolute atomic E-state index is 11.0. The van der Waals surface area contributed by atoms with E-state index >= 15 is 0 Å². The van der Waals surface area contributed by atoms with Crippen LogP contribution in [-0.2, 0) is 4.79 Å². The van der Waals surface area contributed by atoms with Crippen molar-refractivity contribution in [2.24, 2.45) is 0 Å². The van der Waals surface area contributed by atoms with Gasteiger partial charge in [0.15, 0.2) is 17.8 Å². The highest BCUT2D eigenvalue weighted by Crippen LogP contribution is 2.32. The number of rotatable bonds is 6. The molecule has 0 bridgehead atoms. The molecule has 2 atom stereocenters. The number of amides is 1. The Balaban J connectivity index is 3.02. The second-order valence-electron chi connectivity index (χ2n) is 4.22. The molecule has 0 spiro atoms. The normalized spacial score (nSPS) is 13.4. The molecule has 1 rings (SSSR count). The van der Waals surface area contributed by atoms with E-state index in [-0.39, 0.29) is 35.1 Å². The Morgan fingerprint density at radius 1 is 1.45 bits per heavy atom. The van der Waals surface area contributed by atoms with Gasteiger partial charge in [0.25, 0.3) is 0 Å². The largest absolute Gasteiger partial charge is 0.504 e. The zero-order chi connectivity index (χ0) is 15.3. The smallest absolute Gasteiger partial charge is 0.216 e. The number of phenols is 1. The molecule has 1 aromatic rings. The molecule has 2 unspecified atom stereocenters. The summed E-state index contributed by atoms with van der Waals surface area (Å²) >= 11 is 0. The van der Waals surface area contributed by atoms with Gasteiger partial charge < -0.3 is 25.4 Å². The number of carbonyl (C=O) groups is 2. The van der Waals surface area contributed by atoms with E-state index in [1.165, 1.54) is 20.1 Å². The lowest BCUT2D eigenvalue weighted by Crippen LogP contribution is -2.34. The van der Waals surface area contributed by atoms with Gasteiger partial charge in [0.05, 0.1) is 7.11 Å². The van der Waals surface area contributed by atoms with E-state index < -0.39 is 12.2 Å². The van der Waals surface area contributed by atoms with Crippen molar-refractivity contribution in [2.75, 3.05) is 13.7 Å². The Kier molecular flexibility index (Phi) is 5.48. The fraction of sp³-hybridized carbons (Fsp3) is 0.385. The number of hydrogen-bond donors (Lipinski definition) is 4. The highest BCUT2D eigenvalue weighted by Gasteiger charge is 2.23. The summed E-state index contributed by atoms with van der Waals surface area (Å²) < 4.78 is 4.85. The van der Waals surface area contributed by atoms with E-state index in [1.807, 2.05) is 0 Å². The minimum Gasteiger partial charge on any atom is -0.504 e. The van der Waals surface area contributed by atoms with Crippen molar-refractivity contribution in [2.45, 2.75) is 19.1 Å². The molecule has 1 amide bonds. The minimum absolute atomic E-state index is 0.0520. The molecule has 110 valence electrons. The van der Waals surface area contributed by atoms with E-state index in [0.29, 0.717) is 6.29 Å². The number of aliphatic hydroxyl groups is 2. The first-order chi connectivity index (χ1) is 9.40. The molecule has 0 heterocycles. The van der Waals surface area contributed by atoms with E-state index in [0.717, 1.165) is 6.07 Å². The molecule has 0 saturated heterocycles. The molecule has 0 aliphatic rings. The predicted molar refractivity (Wildman–Crippen MR) is 69.7 cm³/mol. The zero-order valence-electron chi connectivity index (χ0n) is 11.2. The standard InChI is InChI=1S/C13H17NO6/c1-7(16)14-5-11(18)13(19)9-4-10(17)12(20-2)3-8(9)6-15/h3-4,6,11,13,17-19H,5H2,1-2H3,(H,14,16). The number of methoxy groups -OCH3 is 1. The van der Waals surface area contributed by atoms with Gasteiger partial charge in [-0.25, -0.2) is 0 Å². The van der Waals surface area contributed by atoms with Gasteiger partial charge in [-0.1, -0.05) is 0 Å². The summed E-state index contributed by atoms with van der Waals surface area (Å²) in [6.45, 7) is 1.09. The molecular weight excluding hydrogens is 266 g/mol. The minimum atomic E-state index is -1.43. The molecule has 1 aromatic carbocycles. The van der Waals surface area contributed by atoms with E-state index in [2.05, 4.69) is 5.32 Å². The average Bonchev–Trinajstić information content (AvgIpc) is 2.43. The molecule has 4 N–H and O–H groups in total. The topological polar surface area (TPSA) is 116 Å². The van der Waals surface area contributed by atoms with Gasteiger partial charge in [-0.3, -0.25) is 9.59 Å². The number of ether oxygens (including phenoxy) is 1. The molecule has 20 heavy (non-hydrogen) atoms. The lowest BCUT2D eigenvalue weighted by molar-refractivity contribution is -0.119. The molecule has 7 heteroatoms. The van der Waals surface area contributed by atoms with Gasteiger partial charge in [0, 0.05) is 19.0 Å². The lowest BCUT2D eigenvalue weighted by atomic mass is 9.98. The summed E-state index contributed by atoms with van der Waals surface area (Å²) in [6.07, 6.45) is -2.27. The average molecular weight is 283 g/mol. The number of aldehydes is 1. The highest BCUT2D eigenvalue weighted by atomic mass is 16.5. The molecule has 0 radical (unpaired) electrons. The highest BCUT2D eigenvalue weighted by molar-refractivity contribution is 5.79. The van der Waals surface area contributed by atoms with Crippen molar-refractivity contribution < 1.29 is 29.6 Å². The van der Waals surface area contributed by atoms with Crippen molar-refractivity contribution in [3.8, 4) is 11.5 Å². The van der Waals surface area contributed by atoms with Crippen molar-refractivity contribution in [3.05, 3.63) is 23.3 Å². The molecule has 7 nitrogen and oxygen atoms in total. The van der Waals surface area contributed by atoms with Crippen molar-refractivity contribution >= 4 is 12.2 Å². The Bertz CT molecular complexity index is 502. The molecule has 0 aliphatic carbocycles. The first kappa shape index (κ1) is 15.9. The third-order valence-electron chi connectivity index (χ3n) is 2.75. The number of phenolic OH excluding ortho intramolecular Hbond substituents is 1. The van der Waals surface area contributed by atoms with Crippen LogP contribution in [0.5, 0.6) is 11.5 Å². The molecule has 0 saturated carbocycles. The summed E-state index contributed by atoms with van der Waals surface area (Å²) in [5.74, 6) is -0.539. The summed E-state index contributed by atoms with van der Waals surface area (Å²) in [6, 6.07) is 2.40. The summed E-state index contributed by atoms with van der Waals surface area (Å²) in [5, 5.41) is 31.8. The number of nitrogens with one attached hydrogen (secondary N) is 1. The van der Waals surface area contributed by atoms with Crippen LogP contribution in [0.3, 0.4) is 0 Å². The van der Waals surface area contributed by atoms with Crippen molar-refractivity contribution in [3.63, 3.8) is 0 Å². The monoisotopic (exact) mass is 283 g/mol. The van der Waals surface area contributed by atoms with Crippen LogP contribution in [0.25, 0.3) is 0 Å². The van der Waals surface area contributed by atoms with Gasteiger partial charge in [0.1, 0.15) is 12.2 Å². The fourth-order valence-corrected chi connectivity index (χ4v) is 1.69. The molecule has 0 fully saturated rings. The van der Waals surface area contributed by atoms with Crippen LogP contribution in [0, 0.1) is 0 Å². The second-order valence-corrected chi connectivity index (χ2v) is 4.22. The summed E-state index contributed by atoms with van der Waals surface area (Å²) in [5.41, 5.74) is 0.130. The fourth-order valence-electron chi connectivity index (χ4n) is 1.69. The van der Waals surface area contributed by atoms with Crippen LogP contribution in [-0.4, -0.2) is 47.3 Å². The Labute approximate surface area is 115 Å². The Morgan fingerprint density at radius 3 is 2.60 bits per heavy atom. The number of aromatic hydroxyl groups is 1. The van der Waals surface area contributed by atoms with Crippen LogP contribution < -0.4 is 10.1 Å². The Morgan fingerprint density at radius 2 is 2.10 bits per heavy atom. The molecular formula is C13H17NO6. The number of benzene rings is 1. The number of hydrogen-bond acceptors (Lipinski definition) is 6. The first-order valence-electron chi connectivity index (χ1n) is 5.87. The molecule has 0 aliphatic heterocycles. The number of carbonyl (C=O) groups excluding carboxylic acids is 2. The van der Waals surface area contributed by atoms with Gasteiger partial charge in [-0.15, -0.1) is 0 Å². The quantitative estimate of drug-likeness (QED) is 0.535. The summed E-state index contributed by atoms with van der Waals surface area (Å²) in [4.78, 5) is 21.8.